The first-order valence-electron chi connectivity index (χ1n) is 13.4. The van der Waals surface area contributed by atoms with E-state index >= 15 is 0 Å². The number of ether oxygens (including phenoxy) is 2. The second kappa shape index (κ2) is 13.1. The average Bonchev–Trinajstić information content (AvgIpc) is 2.93. The van der Waals surface area contributed by atoms with Crippen LogP contribution >= 0.6 is 0 Å². The van der Waals surface area contributed by atoms with Crippen LogP contribution in [0.3, 0.4) is 0 Å². The number of carbonyl (C=O) groups excluding carboxylic acids is 2. The molecule has 6 nitrogen and oxygen atoms in total. The molecule has 0 saturated carbocycles. The van der Waals surface area contributed by atoms with Crippen LogP contribution in [0.15, 0.2) is 72.8 Å². The van der Waals surface area contributed by atoms with Gasteiger partial charge in [-0.2, -0.15) is 0 Å². The quantitative estimate of drug-likeness (QED) is 0.386. The highest BCUT2D eigenvalue weighted by Crippen LogP contribution is 2.31. The summed E-state index contributed by atoms with van der Waals surface area (Å²) in [5.74, 6) is 1.59. The number of hydrogen-bond donors (Lipinski definition) is 1. The van der Waals surface area contributed by atoms with Gasteiger partial charge in [-0.25, -0.2) is 0 Å². The SMILES string of the molecule is Cc1ccccc1CN(C(=O)CCc1ccc2c(c1)OCCO2)[C@H](Cc1ccccc1)C(=O)NCC(C)C. The second-order valence-corrected chi connectivity index (χ2v) is 10.3. The van der Waals surface area contributed by atoms with Crippen LogP contribution in [-0.4, -0.2) is 42.5 Å². The normalized spacial score (nSPS) is 13.2. The van der Waals surface area contributed by atoms with Crippen molar-refractivity contribution in [3.05, 3.63) is 95.1 Å². The van der Waals surface area contributed by atoms with E-state index < -0.39 is 6.04 Å². The van der Waals surface area contributed by atoms with Crippen LogP contribution in [0.2, 0.25) is 0 Å². The fraction of sp³-hybridized carbons (Fsp3) is 0.375. The van der Waals surface area contributed by atoms with E-state index in [-0.39, 0.29) is 18.2 Å². The van der Waals surface area contributed by atoms with Crippen LogP contribution in [0.5, 0.6) is 11.5 Å². The van der Waals surface area contributed by atoms with E-state index in [0.29, 0.717) is 50.8 Å². The third-order valence-electron chi connectivity index (χ3n) is 6.79. The van der Waals surface area contributed by atoms with Gasteiger partial charge in [0.15, 0.2) is 11.5 Å². The third-order valence-corrected chi connectivity index (χ3v) is 6.79. The summed E-state index contributed by atoms with van der Waals surface area (Å²) in [6.45, 7) is 8.17. The zero-order chi connectivity index (χ0) is 26.9. The minimum Gasteiger partial charge on any atom is -0.486 e. The van der Waals surface area contributed by atoms with Gasteiger partial charge in [-0.15, -0.1) is 0 Å². The maximum absolute atomic E-state index is 13.9. The van der Waals surface area contributed by atoms with Crippen LogP contribution in [0, 0.1) is 12.8 Å². The molecule has 1 aliphatic rings. The number of benzene rings is 3. The predicted octanol–water partition coefficient (Wildman–Crippen LogP) is 5.11. The van der Waals surface area contributed by atoms with E-state index in [2.05, 4.69) is 19.2 Å². The zero-order valence-corrected chi connectivity index (χ0v) is 22.6. The smallest absolute Gasteiger partial charge is 0.243 e. The van der Waals surface area contributed by atoms with Crippen molar-refractivity contribution in [2.45, 2.75) is 52.6 Å². The number of hydrogen-bond acceptors (Lipinski definition) is 4. The first-order valence-corrected chi connectivity index (χ1v) is 13.4. The minimum absolute atomic E-state index is 0.0521. The molecule has 4 rings (SSSR count). The second-order valence-electron chi connectivity index (χ2n) is 10.3. The summed E-state index contributed by atoms with van der Waals surface area (Å²) >= 11 is 0. The molecule has 2 amide bonds. The lowest BCUT2D eigenvalue weighted by atomic mass is 10.00. The monoisotopic (exact) mass is 514 g/mol. The van der Waals surface area contributed by atoms with Crippen LogP contribution < -0.4 is 14.8 Å². The number of nitrogens with zero attached hydrogens (tertiary/aromatic N) is 1. The van der Waals surface area contributed by atoms with E-state index in [0.717, 1.165) is 28.0 Å². The van der Waals surface area contributed by atoms with Gasteiger partial charge in [0.05, 0.1) is 0 Å². The molecule has 0 unspecified atom stereocenters. The highest BCUT2D eigenvalue weighted by molar-refractivity contribution is 5.88. The van der Waals surface area contributed by atoms with Gasteiger partial charge in [-0.1, -0.05) is 74.5 Å². The summed E-state index contributed by atoms with van der Waals surface area (Å²) < 4.78 is 11.3. The van der Waals surface area contributed by atoms with Gasteiger partial charge in [-0.05, 0) is 53.6 Å². The molecular formula is C32H38N2O4. The lowest BCUT2D eigenvalue weighted by Gasteiger charge is -2.32. The summed E-state index contributed by atoms with van der Waals surface area (Å²) in [4.78, 5) is 29.2. The molecule has 200 valence electrons. The Bertz CT molecular complexity index is 1230. The predicted molar refractivity (Wildman–Crippen MR) is 149 cm³/mol. The molecule has 1 N–H and O–H groups in total. The molecule has 1 atom stereocenters. The Kier molecular flexibility index (Phi) is 9.41. The van der Waals surface area contributed by atoms with Gasteiger partial charge in [0, 0.05) is 25.9 Å². The molecule has 0 aromatic heterocycles. The van der Waals surface area contributed by atoms with Gasteiger partial charge in [0.25, 0.3) is 0 Å². The number of carbonyl (C=O) groups is 2. The fourth-order valence-electron chi connectivity index (χ4n) is 4.59. The Balaban J connectivity index is 1.59. The fourth-order valence-corrected chi connectivity index (χ4v) is 4.59. The molecule has 0 spiro atoms. The summed E-state index contributed by atoms with van der Waals surface area (Å²) in [6, 6.07) is 23.1. The van der Waals surface area contributed by atoms with Crippen LogP contribution in [0.4, 0.5) is 0 Å². The molecule has 1 heterocycles. The Morgan fingerprint density at radius 1 is 0.895 bits per heavy atom. The van der Waals surface area contributed by atoms with Crippen LogP contribution in [0.1, 0.15) is 42.5 Å². The first-order chi connectivity index (χ1) is 18.4. The van der Waals surface area contributed by atoms with Gasteiger partial charge in [0.1, 0.15) is 19.3 Å². The molecule has 6 heteroatoms. The van der Waals surface area contributed by atoms with Crippen LogP contribution in [-0.2, 0) is 29.0 Å². The number of fused-ring (bicyclic) bond motifs is 1. The van der Waals surface area contributed by atoms with Crippen molar-refractivity contribution in [3.8, 4) is 11.5 Å². The highest BCUT2D eigenvalue weighted by atomic mass is 16.6. The number of aryl methyl sites for hydroxylation is 2. The maximum Gasteiger partial charge on any atom is 0.243 e. The van der Waals surface area contributed by atoms with Crippen molar-refractivity contribution in [2.24, 2.45) is 5.92 Å². The molecule has 0 fully saturated rings. The lowest BCUT2D eigenvalue weighted by Crippen LogP contribution is -2.51. The Hall–Kier alpha value is -3.80. The summed E-state index contributed by atoms with van der Waals surface area (Å²) in [6.07, 6.45) is 1.28. The standard InChI is InChI=1S/C32H38N2O4/c1-23(2)21-33-32(36)28(19-25-10-5-4-6-11-25)34(22-27-12-8-7-9-24(27)3)31(35)16-14-26-13-15-29-30(20-26)38-18-17-37-29/h4-13,15,20,23,28H,14,16-19,21-22H2,1-3H3,(H,33,36)/t28-/m1/s1. The topological polar surface area (TPSA) is 67.9 Å². The van der Waals surface area contributed by atoms with E-state index in [4.69, 9.17) is 9.47 Å². The van der Waals surface area contributed by atoms with E-state index in [1.807, 2.05) is 79.7 Å². The molecule has 1 aliphatic heterocycles. The van der Waals surface area contributed by atoms with Crippen molar-refractivity contribution >= 4 is 11.8 Å². The Morgan fingerprint density at radius 3 is 2.34 bits per heavy atom. The van der Waals surface area contributed by atoms with Crippen molar-refractivity contribution in [1.82, 2.24) is 10.2 Å². The Labute approximate surface area is 226 Å². The maximum atomic E-state index is 13.9. The van der Waals surface area contributed by atoms with Crippen molar-refractivity contribution < 1.29 is 19.1 Å². The van der Waals surface area contributed by atoms with E-state index in [1.54, 1.807) is 4.90 Å². The summed E-state index contributed by atoms with van der Waals surface area (Å²) in [5, 5.41) is 3.08. The third kappa shape index (κ3) is 7.37. The van der Waals surface area contributed by atoms with E-state index in [9.17, 15) is 9.59 Å². The summed E-state index contributed by atoms with van der Waals surface area (Å²) in [7, 11) is 0. The number of amides is 2. The average molecular weight is 515 g/mol. The largest absolute Gasteiger partial charge is 0.486 e. The van der Waals surface area contributed by atoms with E-state index in [1.165, 1.54) is 0 Å². The van der Waals surface area contributed by atoms with Crippen molar-refractivity contribution in [2.75, 3.05) is 19.8 Å². The molecule has 3 aromatic rings. The lowest BCUT2D eigenvalue weighted by molar-refractivity contribution is -0.141. The molecule has 38 heavy (non-hydrogen) atoms. The van der Waals surface area contributed by atoms with Gasteiger partial charge >= 0.3 is 0 Å². The molecule has 3 aromatic carbocycles. The number of nitrogens with one attached hydrogen (secondary N) is 1. The Morgan fingerprint density at radius 2 is 1.61 bits per heavy atom. The molecule has 0 saturated heterocycles. The van der Waals surface area contributed by atoms with Gasteiger partial charge in [-0.3, -0.25) is 9.59 Å². The molecular weight excluding hydrogens is 476 g/mol. The molecule has 0 bridgehead atoms. The number of rotatable bonds is 11. The van der Waals surface area contributed by atoms with Crippen molar-refractivity contribution in [3.63, 3.8) is 0 Å². The first kappa shape index (κ1) is 27.2. The molecule has 0 aliphatic carbocycles. The summed E-state index contributed by atoms with van der Waals surface area (Å²) in [5.41, 5.74) is 4.15. The van der Waals surface area contributed by atoms with Crippen molar-refractivity contribution in [1.29, 1.82) is 0 Å². The minimum atomic E-state index is -0.622. The highest BCUT2D eigenvalue weighted by Gasteiger charge is 2.30. The zero-order valence-electron chi connectivity index (χ0n) is 22.6. The van der Waals surface area contributed by atoms with Crippen LogP contribution in [0.25, 0.3) is 0 Å². The van der Waals surface area contributed by atoms with Gasteiger partial charge in [0.2, 0.25) is 11.8 Å². The van der Waals surface area contributed by atoms with Gasteiger partial charge < -0.3 is 19.7 Å². The molecule has 0 radical (unpaired) electrons.